The smallest absolute Gasteiger partial charge is 0.252 e. The Morgan fingerprint density at radius 1 is 0.407 bits per heavy atom. The molecule has 2 spiro atoms. The van der Waals surface area contributed by atoms with E-state index >= 15 is 0 Å². The van der Waals surface area contributed by atoms with Gasteiger partial charge in [-0.2, -0.15) is 0 Å². The van der Waals surface area contributed by atoms with E-state index in [0.29, 0.717) is 0 Å². The van der Waals surface area contributed by atoms with Crippen molar-refractivity contribution in [1.29, 1.82) is 0 Å². The number of fused-ring (bicyclic) bond motifs is 20. The Bertz CT molecular complexity index is 2990. The van der Waals surface area contributed by atoms with Crippen LogP contribution in [0.5, 0.6) is 0 Å². The van der Waals surface area contributed by atoms with Crippen LogP contribution in [0.4, 0.5) is 34.1 Å². The van der Waals surface area contributed by atoms with Crippen LogP contribution >= 0.6 is 0 Å². The molecule has 2 nitrogen and oxygen atoms in total. The lowest BCUT2D eigenvalue weighted by molar-refractivity contribution is 0.327. The number of hydrogen-bond acceptors (Lipinski definition) is 2. The van der Waals surface area contributed by atoms with E-state index in [1.54, 1.807) is 22.3 Å². The van der Waals surface area contributed by atoms with Gasteiger partial charge in [-0.3, -0.25) is 0 Å². The van der Waals surface area contributed by atoms with Crippen LogP contribution in [0.25, 0.3) is 22.3 Å². The minimum absolute atomic E-state index is 0.117. The molecule has 0 amide bonds. The molecule has 282 valence electrons. The van der Waals surface area contributed by atoms with E-state index < -0.39 is 0 Å². The Labute approximate surface area is 347 Å². The summed E-state index contributed by atoms with van der Waals surface area (Å²) in [6.07, 6.45) is 10.9. The zero-order chi connectivity index (χ0) is 38.2. The number of para-hydroxylation sites is 2. The maximum absolute atomic E-state index is 2.76. The molecule has 4 bridgehead atoms. The van der Waals surface area contributed by atoms with E-state index in [0.717, 1.165) is 23.7 Å². The molecule has 0 radical (unpaired) electrons. The van der Waals surface area contributed by atoms with Crippen molar-refractivity contribution in [2.75, 3.05) is 9.80 Å². The lowest BCUT2D eigenvalue weighted by Crippen LogP contribution is -2.61. The van der Waals surface area contributed by atoms with Crippen LogP contribution in [0.2, 0.25) is 0 Å². The maximum atomic E-state index is 2.76. The fraction of sp³-hybridized carbons (Fsp3) is 0.250. The summed E-state index contributed by atoms with van der Waals surface area (Å²) < 4.78 is 0. The van der Waals surface area contributed by atoms with Gasteiger partial charge >= 0.3 is 0 Å². The summed E-state index contributed by atoms with van der Waals surface area (Å²) >= 11 is 0. The standard InChI is InChI=1S/C56H45BN2/c1-2-11-38(12-3-1)58-50-18-9-8-17-48(50)57-49-31-47-43(41-14-5-7-16-45(41)56(47)33-35-22-24-37(56)28-35)30-53(49)59(52-20-10-19-51(58)54(52)57)39-25-26-42-40-13-4-6-15-44(40)55(46(42)29-39)32-34-21-23-36(55)27-34/h1-20,25-26,29-31,34-37H,21-24,27-28,32-33H2/t34-,35-,36+,37+,55-,56-/m0/s1. The zero-order valence-electron chi connectivity index (χ0n) is 33.4. The molecule has 6 aliphatic carbocycles. The van der Waals surface area contributed by atoms with E-state index in [9.17, 15) is 0 Å². The molecular weight excluding hydrogens is 711 g/mol. The molecule has 6 atom stereocenters. The second-order valence-electron chi connectivity index (χ2n) is 19.6. The summed E-state index contributed by atoms with van der Waals surface area (Å²) in [5.41, 5.74) is 24.6. The monoisotopic (exact) mass is 756 g/mol. The van der Waals surface area contributed by atoms with Gasteiger partial charge in [-0.1, -0.05) is 116 Å². The lowest BCUT2D eigenvalue weighted by Gasteiger charge is -2.45. The average Bonchev–Trinajstić information content (AvgIpc) is 4.17. The van der Waals surface area contributed by atoms with E-state index in [1.165, 1.54) is 124 Å². The fourth-order valence-corrected chi connectivity index (χ4v) is 15.4. The van der Waals surface area contributed by atoms with Crippen molar-refractivity contribution in [2.24, 2.45) is 23.7 Å². The number of rotatable bonds is 2. The first-order valence-corrected chi connectivity index (χ1v) is 22.6. The van der Waals surface area contributed by atoms with Gasteiger partial charge in [0.2, 0.25) is 0 Å². The predicted molar refractivity (Wildman–Crippen MR) is 244 cm³/mol. The van der Waals surface area contributed by atoms with Gasteiger partial charge < -0.3 is 9.80 Å². The number of nitrogens with zero attached hydrogens (tertiary/aromatic N) is 2. The first-order chi connectivity index (χ1) is 29.2. The zero-order valence-corrected chi connectivity index (χ0v) is 33.4. The third-order valence-electron chi connectivity index (χ3n) is 17.4. The van der Waals surface area contributed by atoms with Crippen molar-refractivity contribution in [3.63, 3.8) is 0 Å². The molecule has 7 aromatic carbocycles. The predicted octanol–water partition coefficient (Wildman–Crippen LogP) is 11.9. The molecule has 0 aromatic heterocycles. The second kappa shape index (κ2) is 11.1. The summed E-state index contributed by atoms with van der Waals surface area (Å²) in [6, 6.07) is 59.6. The summed E-state index contributed by atoms with van der Waals surface area (Å²) in [6.45, 7) is 0.129. The highest BCUT2D eigenvalue weighted by molar-refractivity contribution is 7.00. The Balaban J connectivity index is 1.03. The van der Waals surface area contributed by atoms with Crippen molar-refractivity contribution in [3.8, 4) is 22.3 Å². The van der Waals surface area contributed by atoms with E-state index in [2.05, 4.69) is 161 Å². The number of anilines is 6. The quantitative estimate of drug-likeness (QED) is 0.162. The van der Waals surface area contributed by atoms with Gasteiger partial charge in [-0.05, 0) is 172 Å². The summed E-state index contributed by atoms with van der Waals surface area (Å²) in [4.78, 5) is 5.25. The lowest BCUT2D eigenvalue weighted by atomic mass is 9.33. The average molecular weight is 757 g/mol. The highest BCUT2D eigenvalue weighted by Gasteiger charge is 2.59. The molecule has 8 aliphatic rings. The van der Waals surface area contributed by atoms with Crippen molar-refractivity contribution in [1.82, 2.24) is 0 Å². The van der Waals surface area contributed by atoms with Gasteiger partial charge in [0.1, 0.15) is 0 Å². The van der Waals surface area contributed by atoms with Gasteiger partial charge in [0.25, 0.3) is 6.71 Å². The van der Waals surface area contributed by atoms with Gasteiger partial charge in [0.15, 0.2) is 0 Å². The molecule has 0 N–H and O–H groups in total. The second-order valence-corrected chi connectivity index (χ2v) is 19.6. The normalized spacial score (nSPS) is 27.5. The fourth-order valence-electron chi connectivity index (χ4n) is 15.4. The minimum atomic E-state index is 0.117. The van der Waals surface area contributed by atoms with E-state index in [-0.39, 0.29) is 17.5 Å². The Morgan fingerprint density at radius 2 is 0.983 bits per heavy atom. The number of hydrogen-bond donors (Lipinski definition) is 0. The van der Waals surface area contributed by atoms with Gasteiger partial charge in [0.05, 0.1) is 0 Å². The third kappa shape index (κ3) is 3.80. The molecule has 15 rings (SSSR count). The van der Waals surface area contributed by atoms with Gasteiger partial charge in [0, 0.05) is 45.0 Å². The molecule has 7 aromatic rings. The summed E-state index contributed by atoms with van der Waals surface area (Å²) in [5, 5.41) is 0. The molecule has 3 heteroatoms. The molecule has 0 saturated heterocycles. The molecule has 0 unspecified atom stereocenters. The minimum Gasteiger partial charge on any atom is -0.311 e. The Hall–Kier alpha value is -5.80. The van der Waals surface area contributed by atoms with Gasteiger partial charge in [-0.25, -0.2) is 0 Å². The Morgan fingerprint density at radius 3 is 1.66 bits per heavy atom. The molecule has 2 aliphatic heterocycles. The van der Waals surface area contributed by atoms with Crippen molar-refractivity contribution in [2.45, 2.75) is 62.2 Å². The SMILES string of the molecule is c1ccc(N2c3ccccc3B3c4cc5c(cc4N(c4ccc6c(c4)[C@]4(C[C@H]7CC[C@@H]4C7)c4ccccc4-6)c4cccc2c43)-c2ccccc2[C@@]52C[C@H]3CC[C@@H]2C3)cc1. The molecule has 59 heavy (non-hydrogen) atoms. The third-order valence-corrected chi connectivity index (χ3v) is 17.4. The largest absolute Gasteiger partial charge is 0.311 e. The molecule has 2 heterocycles. The van der Waals surface area contributed by atoms with Crippen LogP contribution in [0.1, 0.15) is 73.6 Å². The van der Waals surface area contributed by atoms with Crippen LogP contribution < -0.4 is 26.2 Å². The van der Waals surface area contributed by atoms with Crippen LogP contribution in [0.15, 0.2) is 152 Å². The van der Waals surface area contributed by atoms with E-state index in [4.69, 9.17) is 0 Å². The van der Waals surface area contributed by atoms with E-state index in [1.807, 2.05) is 0 Å². The first kappa shape index (κ1) is 32.1. The van der Waals surface area contributed by atoms with Crippen molar-refractivity contribution >= 4 is 57.2 Å². The van der Waals surface area contributed by atoms with Crippen LogP contribution in [0, 0.1) is 23.7 Å². The van der Waals surface area contributed by atoms with Crippen LogP contribution in [-0.2, 0) is 10.8 Å². The van der Waals surface area contributed by atoms with Crippen molar-refractivity contribution in [3.05, 3.63) is 174 Å². The Kier molecular flexibility index (Phi) is 6.02. The van der Waals surface area contributed by atoms with Crippen LogP contribution in [0.3, 0.4) is 0 Å². The molecule has 4 fully saturated rings. The van der Waals surface area contributed by atoms with Gasteiger partial charge in [-0.15, -0.1) is 0 Å². The number of benzene rings is 7. The highest BCUT2D eigenvalue weighted by atomic mass is 15.2. The first-order valence-electron chi connectivity index (χ1n) is 22.6. The molecular formula is C56H45BN2. The molecule has 4 saturated carbocycles. The maximum Gasteiger partial charge on any atom is 0.252 e. The highest BCUT2D eigenvalue weighted by Crippen LogP contribution is 2.68. The summed E-state index contributed by atoms with van der Waals surface area (Å²) in [5.74, 6) is 3.12. The van der Waals surface area contributed by atoms with Crippen LogP contribution in [-0.4, -0.2) is 6.71 Å². The summed E-state index contributed by atoms with van der Waals surface area (Å²) in [7, 11) is 0. The van der Waals surface area contributed by atoms with Crippen molar-refractivity contribution < 1.29 is 0 Å². The topological polar surface area (TPSA) is 6.48 Å².